The van der Waals surface area contributed by atoms with E-state index >= 15 is 0 Å². The van der Waals surface area contributed by atoms with E-state index in [9.17, 15) is 9.18 Å². The fraction of sp³-hybridized carbons (Fsp3) is 0.533. The van der Waals surface area contributed by atoms with Crippen molar-refractivity contribution in [3.63, 3.8) is 0 Å². The van der Waals surface area contributed by atoms with E-state index in [1.807, 2.05) is 13.8 Å². The van der Waals surface area contributed by atoms with Gasteiger partial charge in [-0.25, -0.2) is 9.18 Å². The van der Waals surface area contributed by atoms with Gasteiger partial charge < -0.3 is 14.8 Å². The van der Waals surface area contributed by atoms with Gasteiger partial charge in [-0.05, 0) is 30.7 Å². The predicted octanol–water partition coefficient (Wildman–Crippen LogP) is 2.66. The van der Waals surface area contributed by atoms with E-state index in [2.05, 4.69) is 5.32 Å². The Balaban J connectivity index is 2.46. The zero-order valence-corrected chi connectivity index (χ0v) is 12.1. The van der Waals surface area contributed by atoms with Crippen LogP contribution in [0.5, 0.6) is 5.75 Å². The molecule has 0 bridgehead atoms. The summed E-state index contributed by atoms with van der Waals surface area (Å²) in [6.45, 7) is 5.55. The molecule has 0 amide bonds. The second-order valence-corrected chi connectivity index (χ2v) is 4.44. The van der Waals surface area contributed by atoms with Gasteiger partial charge in [0.2, 0.25) is 0 Å². The molecule has 1 N–H and O–H groups in total. The summed E-state index contributed by atoms with van der Waals surface area (Å²) in [5.74, 6) is -0.476. The van der Waals surface area contributed by atoms with Gasteiger partial charge in [-0.15, -0.1) is 0 Å². The molecular weight excluding hydrogens is 261 g/mol. The average Bonchev–Trinajstić information content (AvgIpc) is 2.43. The third kappa shape index (κ3) is 6.52. The summed E-state index contributed by atoms with van der Waals surface area (Å²) in [7, 11) is 0. The van der Waals surface area contributed by atoms with E-state index in [4.69, 9.17) is 9.47 Å². The van der Waals surface area contributed by atoms with E-state index in [-0.39, 0.29) is 12.4 Å². The van der Waals surface area contributed by atoms with Gasteiger partial charge in [-0.1, -0.05) is 20.3 Å². The molecule has 0 saturated carbocycles. The summed E-state index contributed by atoms with van der Waals surface area (Å²) in [6, 6.07) is 4.41. The number of carbonyl (C=O) groups is 1. The molecule has 0 saturated heterocycles. The molecule has 0 aliphatic rings. The van der Waals surface area contributed by atoms with Gasteiger partial charge in [0.25, 0.3) is 0 Å². The Kier molecular flexibility index (Phi) is 7.65. The second-order valence-electron chi connectivity index (χ2n) is 4.44. The zero-order chi connectivity index (χ0) is 14.8. The maximum Gasteiger partial charge on any atom is 0.344 e. The van der Waals surface area contributed by atoms with Crippen LogP contribution in [0.25, 0.3) is 0 Å². The fourth-order valence-corrected chi connectivity index (χ4v) is 1.59. The molecule has 0 atom stereocenters. The number of hydrogen-bond donors (Lipinski definition) is 1. The quantitative estimate of drug-likeness (QED) is 0.559. The number of esters is 1. The van der Waals surface area contributed by atoms with Crippen molar-refractivity contribution in [2.24, 2.45) is 0 Å². The van der Waals surface area contributed by atoms with Crippen LogP contribution in [0.2, 0.25) is 0 Å². The molecule has 0 spiro atoms. The number of ether oxygens (including phenoxy) is 2. The van der Waals surface area contributed by atoms with Gasteiger partial charge in [-0.2, -0.15) is 0 Å². The Morgan fingerprint density at radius 1 is 1.30 bits per heavy atom. The molecule has 0 aliphatic heterocycles. The van der Waals surface area contributed by atoms with E-state index in [1.165, 1.54) is 12.1 Å². The summed E-state index contributed by atoms with van der Waals surface area (Å²) in [5.41, 5.74) is 0.779. The first-order chi connectivity index (χ1) is 9.65. The molecule has 0 fully saturated rings. The molecule has 1 aromatic carbocycles. The smallest absolute Gasteiger partial charge is 0.344 e. The summed E-state index contributed by atoms with van der Waals surface area (Å²) < 4.78 is 23.6. The van der Waals surface area contributed by atoms with Gasteiger partial charge in [0.1, 0.15) is 11.6 Å². The van der Waals surface area contributed by atoms with E-state index in [1.54, 1.807) is 6.07 Å². The maximum atomic E-state index is 13.4. The fourth-order valence-electron chi connectivity index (χ4n) is 1.59. The number of benzene rings is 1. The number of carbonyl (C=O) groups excluding carboxylic acids is 1. The van der Waals surface area contributed by atoms with Crippen LogP contribution in [0.15, 0.2) is 18.2 Å². The molecule has 0 aromatic heterocycles. The normalized spacial score (nSPS) is 10.3. The van der Waals surface area contributed by atoms with E-state index in [0.717, 1.165) is 24.9 Å². The van der Waals surface area contributed by atoms with Crippen molar-refractivity contribution >= 4 is 5.97 Å². The Bertz CT molecular complexity index is 424. The minimum absolute atomic E-state index is 0.201. The van der Waals surface area contributed by atoms with Crippen LogP contribution in [-0.2, 0) is 16.1 Å². The molecule has 112 valence electrons. The topological polar surface area (TPSA) is 47.6 Å². The first-order valence-electron chi connectivity index (χ1n) is 6.94. The predicted molar refractivity (Wildman–Crippen MR) is 75.1 cm³/mol. The van der Waals surface area contributed by atoms with Crippen molar-refractivity contribution in [3.05, 3.63) is 29.6 Å². The van der Waals surface area contributed by atoms with Crippen molar-refractivity contribution in [1.29, 1.82) is 0 Å². The van der Waals surface area contributed by atoms with Gasteiger partial charge in [-0.3, -0.25) is 0 Å². The Hall–Kier alpha value is -1.62. The van der Waals surface area contributed by atoms with Crippen LogP contribution in [0.1, 0.15) is 32.3 Å². The molecule has 0 radical (unpaired) electrons. The third-order valence-electron chi connectivity index (χ3n) is 2.63. The third-order valence-corrected chi connectivity index (χ3v) is 2.63. The van der Waals surface area contributed by atoms with Crippen molar-refractivity contribution in [3.8, 4) is 5.75 Å². The van der Waals surface area contributed by atoms with Crippen LogP contribution < -0.4 is 10.1 Å². The summed E-state index contributed by atoms with van der Waals surface area (Å²) >= 11 is 0. The number of hydrogen-bond acceptors (Lipinski definition) is 4. The molecule has 0 aliphatic carbocycles. The lowest BCUT2D eigenvalue weighted by Crippen LogP contribution is -2.16. The lowest BCUT2D eigenvalue weighted by molar-refractivity contribution is -0.146. The van der Waals surface area contributed by atoms with Crippen molar-refractivity contribution in [2.75, 3.05) is 19.8 Å². The van der Waals surface area contributed by atoms with Gasteiger partial charge in [0.05, 0.1) is 6.61 Å². The monoisotopic (exact) mass is 283 g/mol. The largest absolute Gasteiger partial charge is 0.482 e. The van der Waals surface area contributed by atoms with Gasteiger partial charge in [0, 0.05) is 12.6 Å². The summed E-state index contributed by atoms with van der Waals surface area (Å²) in [6.07, 6.45) is 1.80. The number of nitrogens with one attached hydrogen (secondary N) is 1. The lowest BCUT2D eigenvalue weighted by Gasteiger charge is -2.09. The lowest BCUT2D eigenvalue weighted by atomic mass is 10.2. The summed E-state index contributed by atoms with van der Waals surface area (Å²) in [4.78, 5) is 11.4. The van der Waals surface area contributed by atoms with Gasteiger partial charge in [0.15, 0.2) is 6.61 Å². The molecule has 20 heavy (non-hydrogen) atoms. The SMILES string of the molecule is CCCCOC(=O)COc1cc(F)cc(CNCC)c1. The van der Waals surface area contributed by atoms with Crippen LogP contribution >= 0.6 is 0 Å². The Morgan fingerprint density at radius 3 is 2.80 bits per heavy atom. The highest BCUT2D eigenvalue weighted by Crippen LogP contribution is 2.16. The minimum atomic E-state index is -0.434. The van der Waals surface area contributed by atoms with Crippen molar-refractivity contribution in [2.45, 2.75) is 33.2 Å². The van der Waals surface area contributed by atoms with Crippen molar-refractivity contribution < 1.29 is 18.7 Å². The number of unbranched alkanes of at least 4 members (excludes halogenated alkanes) is 1. The van der Waals surface area contributed by atoms with E-state index < -0.39 is 5.97 Å². The highest BCUT2D eigenvalue weighted by molar-refractivity contribution is 5.71. The second kappa shape index (κ2) is 9.31. The first kappa shape index (κ1) is 16.4. The molecule has 0 heterocycles. The van der Waals surface area contributed by atoms with Crippen molar-refractivity contribution in [1.82, 2.24) is 5.32 Å². The maximum absolute atomic E-state index is 13.4. The van der Waals surface area contributed by atoms with Gasteiger partial charge >= 0.3 is 5.97 Å². The van der Waals surface area contributed by atoms with Crippen LogP contribution in [-0.4, -0.2) is 25.7 Å². The highest BCUT2D eigenvalue weighted by Gasteiger charge is 2.06. The molecule has 0 unspecified atom stereocenters. The molecule has 4 nitrogen and oxygen atoms in total. The zero-order valence-electron chi connectivity index (χ0n) is 12.1. The first-order valence-corrected chi connectivity index (χ1v) is 6.94. The van der Waals surface area contributed by atoms with Crippen LogP contribution in [0.3, 0.4) is 0 Å². The van der Waals surface area contributed by atoms with Crippen LogP contribution in [0.4, 0.5) is 4.39 Å². The average molecular weight is 283 g/mol. The Labute approximate surface area is 119 Å². The Morgan fingerprint density at radius 2 is 2.10 bits per heavy atom. The summed E-state index contributed by atoms with van der Waals surface area (Å²) in [5, 5.41) is 3.10. The van der Waals surface area contributed by atoms with Crippen LogP contribution in [0, 0.1) is 5.82 Å². The molecule has 5 heteroatoms. The molecule has 1 rings (SSSR count). The van der Waals surface area contributed by atoms with E-state index in [0.29, 0.717) is 18.9 Å². The molecule has 1 aromatic rings. The number of halogens is 1. The molecular formula is C15H22FNO3. The highest BCUT2D eigenvalue weighted by atomic mass is 19.1. The number of rotatable bonds is 9. The minimum Gasteiger partial charge on any atom is -0.482 e. The standard InChI is InChI=1S/C15H22FNO3/c1-3-5-6-19-15(18)11-20-14-8-12(10-17-4-2)7-13(16)9-14/h7-9,17H,3-6,10-11H2,1-2H3.